The van der Waals surface area contributed by atoms with Crippen LogP contribution in [0.1, 0.15) is 55.2 Å². The number of ether oxygens (including phenoxy) is 1. The second kappa shape index (κ2) is 9.69. The number of nitrogens with one attached hydrogen (secondary N) is 1. The Labute approximate surface area is 217 Å². The van der Waals surface area contributed by atoms with Crippen molar-refractivity contribution in [2.75, 3.05) is 26.7 Å². The molecule has 0 aromatic carbocycles. The maximum atomic E-state index is 9.71. The smallest absolute Gasteiger partial charge is 0.159 e. The molecule has 0 radical (unpaired) electrons. The minimum Gasteiger partial charge on any atom is -0.388 e. The predicted molar refractivity (Wildman–Crippen MR) is 144 cm³/mol. The number of pyridine rings is 1. The SMILES string of the molecule is COC1(C)CC=C(CN2C3C\N=C/C(c4cc(C5CC5)cn5ncc(C#N)c45)=N\C=C\NCC2C3)C=N1. The molecular formula is C28H32N8O. The molecule has 2 fully saturated rings. The number of hydrogen-bond acceptors (Lipinski definition) is 8. The van der Waals surface area contributed by atoms with Gasteiger partial charge in [-0.15, -0.1) is 0 Å². The van der Waals surface area contributed by atoms with E-state index in [1.807, 2.05) is 36.3 Å². The highest BCUT2D eigenvalue weighted by molar-refractivity contribution is 6.40. The third kappa shape index (κ3) is 4.75. The summed E-state index contributed by atoms with van der Waals surface area (Å²) >= 11 is 0. The summed E-state index contributed by atoms with van der Waals surface area (Å²) in [6.45, 7) is 4.41. The van der Waals surface area contributed by atoms with Crippen molar-refractivity contribution in [3.8, 4) is 6.07 Å². The van der Waals surface area contributed by atoms with Gasteiger partial charge in [-0.3, -0.25) is 19.9 Å². The lowest BCUT2D eigenvalue weighted by Gasteiger charge is -2.48. The molecule has 1 aliphatic carbocycles. The third-order valence-corrected chi connectivity index (χ3v) is 7.90. The Morgan fingerprint density at radius 1 is 1.27 bits per heavy atom. The van der Waals surface area contributed by atoms with Gasteiger partial charge in [0.05, 0.1) is 29.5 Å². The number of dihydropyridines is 1. The van der Waals surface area contributed by atoms with Crippen LogP contribution in [0.3, 0.4) is 0 Å². The number of aliphatic imine (C=N–C) groups is 3. The van der Waals surface area contributed by atoms with Crippen molar-refractivity contribution in [2.45, 2.75) is 56.3 Å². The highest BCUT2D eigenvalue weighted by Gasteiger charge is 2.38. The maximum Gasteiger partial charge on any atom is 0.159 e. The highest BCUT2D eigenvalue weighted by Crippen LogP contribution is 2.41. The van der Waals surface area contributed by atoms with Gasteiger partial charge in [0.2, 0.25) is 0 Å². The van der Waals surface area contributed by atoms with E-state index in [1.165, 1.54) is 24.0 Å². The van der Waals surface area contributed by atoms with E-state index in [1.54, 1.807) is 19.5 Å². The zero-order chi connectivity index (χ0) is 25.4. The van der Waals surface area contributed by atoms with E-state index in [2.05, 4.69) is 38.5 Å². The van der Waals surface area contributed by atoms with E-state index >= 15 is 0 Å². The monoisotopic (exact) mass is 496 g/mol. The van der Waals surface area contributed by atoms with Crippen LogP contribution >= 0.6 is 0 Å². The fourth-order valence-electron chi connectivity index (χ4n) is 5.35. The van der Waals surface area contributed by atoms with Crippen LogP contribution in [-0.4, -0.2) is 77.2 Å². The van der Waals surface area contributed by atoms with E-state index in [-0.39, 0.29) is 0 Å². The first-order valence-corrected chi connectivity index (χ1v) is 13.0. The molecular weight excluding hydrogens is 464 g/mol. The van der Waals surface area contributed by atoms with Crippen LogP contribution < -0.4 is 5.32 Å². The first-order chi connectivity index (χ1) is 18.1. The normalized spacial score (nSPS) is 31.1. The van der Waals surface area contributed by atoms with E-state index < -0.39 is 5.72 Å². The van der Waals surface area contributed by atoms with Gasteiger partial charge in [-0.05, 0) is 49.3 Å². The second-order valence-corrected chi connectivity index (χ2v) is 10.5. The largest absolute Gasteiger partial charge is 0.388 e. The first kappa shape index (κ1) is 23.8. The highest BCUT2D eigenvalue weighted by atomic mass is 16.5. The van der Waals surface area contributed by atoms with Crippen LogP contribution in [0.4, 0.5) is 0 Å². The summed E-state index contributed by atoms with van der Waals surface area (Å²) in [6, 6.07) is 5.26. The summed E-state index contributed by atoms with van der Waals surface area (Å²) in [5.74, 6) is 0.554. The zero-order valence-corrected chi connectivity index (χ0v) is 21.3. The van der Waals surface area contributed by atoms with Crippen LogP contribution in [0.25, 0.3) is 5.52 Å². The second-order valence-electron chi connectivity index (χ2n) is 10.5. The van der Waals surface area contributed by atoms with Gasteiger partial charge >= 0.3 is 0 Å². The topological polar surface area (TPSA) is 103 Å². The molecule has 0 amide bonds. The van der Waals surface area contributed by atoms with Crippen LogP contribution in [0.15, 0.2) is 57.5 Å². The van der Waals surface area contributed by atoms with Crippen molar-refractivity contribution < 1.29 is 4.74 Å². The number of fused-ring (bicyclic) bond motifs is 6. The number of nitriles is 1. The van der Waals surface area contributed by atoms with Crippen LogP contribution in [-0.2, 0) is 4.74 Å². The molecule has 3 atom stereocenters. The van der Waals surface area contributed by atoms with E-state index in [0.717, 1.165) is 42.7 Å². The van der Waals surface area contributed by atoms with E-state index in [4.69, 9.17) is 14.7 Å². The molecule has 37 heavy (non-hydrogen) atoms. The van der Waals surface area contributed by atoms with Gasteiger partial charge in [0.15, 0.2) is 5.72 Å². The Kier molecular flexibility index (Phi) is 6.22. The Bertz CT molecular complexity index is 1390. The predicted octanol–water partition coefficient (Wildman–Crippen LogP) is 3.22. The van der Waals surface area contributed by atoms with E-state index in [9.17, 15) is 5.26 Å². The fourth-order valence-corrected chi connectivity index (χ4v) is 5.35. The average Bonchev–Trinajstić information content (AvgIpc) is 3.67. The molecule has 9 heteroatoms. The van der Waals surface area contributed by atoms with Crippen molar-refractivity contribution in [1.82, 2.24) is 19.8 Å². The quantitative estimate of drug-likeness (QED) is 0.641. The Morgan fingerprint density at radius 3 is 2.92 bits per heavy atom. The maximum absolute atomic E-state index is 9.71. The molecule has 2 aromatic heterocycles. The third-order valence-electron chi connectivity index (χ3n) is 7.90. The molecule has 5 aliphatic rings. The van der Waals surface area contributed by atoms with Gasteiger partial charge in [0.25, 0.3) is 0 Å². The van der Waals surface area contributed by atoms with Crippen molar-refractivity contribution in [2.24, 2.45) is 15.0 Å². The van der Waals surface area contributed by atoms with Gasteiger partial charge < -0.3 is 10.1 Å². The molecule has 1 N–H and O–H groups in total. The standard InChI is InChI=1S/C28H32N8O/c1-28(37-2)6-5-19(12-33-28)17-35-23-10-24(35)15-31-16-26(32-8-7-30-14-23)25-9-21(20-3-4-20)18-36-27(25)22(11-29)13-34-36/h5,7-9,12-13,16,18,20,23-24,30H,3-4,6,10,14-15,17H2,1-2H3/b8-7+,31-16-,32-26+. The van der Waals surface area contributed by atoms with Crippen LogP contribution in [0.5, 0.6) is 0 Å². The summed E-state index contributed by atoms with van der Waals surface area (Å²) in [6.07, 6.45) is 17.7. The minimum absolute atomic E-state index is 0.361. The summed E-state index contributed by atoms with van der Waals surface area (Å²) in [7, 11) is 1.71. The molecule has 3 unspecified atom stereocenters. The molecule has 1 saturated heterocycles. The molecule has 0 spiro atoms. The zero-order valence-electron chi connectivity index (χ0n) is 21.3. The Morgan fingerprint density at radius 2 is 2.16 bits per heavy atom. The number of nitrogens with zero attached hydrogens (tertiary/aromatic N) is 7. The number of rotatable bonds is 5. The van der Waals surface area contributed by atoms with Crippen molar-refractivity contribution in [3.05, 3.63) is 59.2 Å². The van der Waals surface area contributed by atoms with Crippen molar-refractivity contribution >= 4 is 23.7 Å². The molecule has 7 rings (SSSR count). The van der Waals surface area contributed by atoms with Gasteiger partial charge in [0.1, 0.15) is 6.07 Å². The summed E-state index contributed by atoms with van der Waals surface area (Å²) in [5.41, 5.74) is 4.97. The van der Waals surface area contributed by atoms with E-state index in [0.29, 0.717) is 30.1 Å². The summed E-state index contributed by atoms with van der Waals surface area (Å²) in [5, 5.41) is 17.6. The lowest BCUT2D eigenvalue weighted by molar-refractivity contribution is 0.0142. The summed E-state index contributed by atoms with van der Waals surface area (Å²) in [4.78, 5) is 16.8. The number of aromatic nitrogens is 2. The number of methoxy groups -OCH3 is 1. The molecule has 190 valence electrons. The Hall–Kier alpha value is -3.61. The summed E-state index contributed by atoms with van der Waals surface area (Å²) < 4.78 is 7.34. The molecule has 9 nitrogen and oxygen atoms in total. The molecule has 4 aliphatic heterocycles. The fraction of sp³-hybridized carbons (Fsp3) is 0.464. The molecule has 1 saturated carbocycles. The van der Waals surface area contributed by atoms with Crippen molar-refractivity contribution in [1.29, 1.82) is 5.26 Å². The van der Waals surface area contributed by atoms with Crippen LogP contribution in [0, 0.1) is 11.3 Å². The van der Waals surface area contributed by atoms with Gasteiger partial charge in [0, 0.05) is 75.3 Å². The Balaban J connectivity index is 1.26. The minimum atomic E-state index is -0.455. The first-order valence-electron chi connectivity index (χ1n) is 13.0. The van der Waals surface area contributed by atoms with Gasteiger partial charge in [-0.25, -0.2) is 4.52 Å². The lowest BCUT2D eigenvalue weighted by Crippen LogP contribution is -2.60. The van der Waals surface area contributed by atoms with Crippen LogP contribution in [0.2, 0.25) is 0 Å². The molecule has 2 aromatic rings. The molecule has 6 heterocycles. The molecule has 2 bridgehead atoms. The lowest BCUT2D eigenvalue weighted by atomic mass is 9.91. The average molecular weight is 497 g/mol. The van der Waals surface area contributed by atoms with Gasteiger partial charge in [-0.1, -0.05) is 6.08 Å². The number of hydrogen-bond donors (Lipinski definition) is 1. The van der Waals surface area contributed by atoms with Crippen molar-refractivity contribution in [3.63, 3.8) is 0 Å². The van der Waals surface area contributed by atoms with Gasteiger partial charge in [-0.2, -0.15) is 10.4 Å².